The van der Waals surface area contributed by atoms with E-state index in [4.69, 9.17) is 4.74 Å². The first-order chi connectivity index (χ1) is 11.7. The second kappa shape index (κ2) is 7.08. The molecule has 1 fully saturated rings. The summed E-state index contributed by atoms with van der Waals surface area (Å²) in [6.45, 7) is 1.03. The lowest BCUT2D eigenvalue weighted by atomic mass is 10.1. The number of carbonyl (C=O) groups excluding carboxylic acids is 2. The van der Waals surface area contributed by atoms with Gasteiger partial charge in [0.2, 0.25) is 5.91 Å². The maximum Gasteiger partial charge on any atom is 0.316 e. The molecule has 0 saturated carbocycles. The van der Waals surface area contributed by atoms with Gasteiger partial charge in [0, 0.05) is 43.5 Å². The van der Waals surface area contributed by atoms with Gasteiger partial charge in [-0.25, -0.2) is 9.97 Å². The van der Waals surface area contributed by atoms with Crippen molar-refractivity contribution in [3.8, 4) is 6.01 Å². The summed E-state index contributed by atoms with van der Waals surface area (Å²) in [7, 11) is 1.46. The molecule has 2 heterocycles. The van der Waals surface area contributed by atoms with Crippen molar-refractivity contribution >= 4 is 17.5 Å². The van der Waals surface area contributed by atoms with Crippen molar-refractivity contribution in [2.75, 3.05) is 25.1 Å². The van der Waals surface area contributed by atoms with Gasteiger partial charge in [0.25, 0.3) is 5.91 Å². The van der Waals surface area contributed by atoms with Crippen LogP contribution in [0.15, 0.2) is 42.7 Å². The van der Waals surface area contributed by atoms with Crippen LogP contribution >= 0.6 is 0 Å². The summed E-state index contributed by atoms with van der Waals surface area (Å²) in [6, 6.07) is 9.76. The highest BCUT2D eigenvalue weighted by molar-refractivity contribution is 5.96. The maximum atomic E-state index is 12.1. The van der Waals surface area contributed by atoms with Crippen LogP contribution in [0.25, 0.3) is 0 Å². The van der Waals surface area contributed by atoms with E-state index in [2.05, 4.69) is 15.3 Å². The van der Waals surface area contributed by atoms with E-state index in [9.17, 15) is 9.59 Å². The van der Waals surface area contributed by atoms with Gasteiger partial charge < -0.3 is 15.0 Å². The monoisotopic (exact) mass is 326 g/mol. The van der Waals surface area contributed by atoms with E-state index in [1.165, 1.54) is 19.5 Å². The third kappa shape index (κ3) is 3.51. The zero-order chi connectivity index (χ0) is 16.9. The maximum absolute atomic E-state index is 12.1. The van der Waals surface area contributed by atoms with Crippen LogP contribution < -0.4 is 15.0 Å². The highest BCUT2D eigenvalue weighted by Gasteiger charge is 2.30. The first-order valence-corrected chi connectivity index (χ1v) is 7.67. The third-order valence-corrected chi connectivity index (χ3v) is 3.90. The fourth-order valence-electron chi connectivity index (χ4n) is 2.65. The van der Waals surface area contributed by atoms with Gasteiger partial charge in [-0.2, -0.15) is 0 Å². The fourth-order valence-corrected chi connectivity index (χ4v) is 2.65. The Labute approximate surface area is 139 Å². The number of aromatic nitrogens is 2. The Morgan fingerprint density at radius 1 is 1.29 bits per heavy atom. The number of ether oxygens (including phenoxy) is 1. The second-order valence-corrected chi connectivity index (χ2v) is 5.58. The molecule has 1 atom stereocenters. The molecule has 0 bridgehead atoms. The Hall–Kier alpha value is -2.96. The molecule has 7 heteroatoms. The first-order valence-electron chi connectivity index (χ1n) is 7.67. The van der Waals surface area contributed by atoms with Crippen LogP contribution in [0.4, 0.5) is 5.69 Å². The first kappa shape index (κ1) is 15.9. The predicted octanol–water partition coefficient (Wildman–Crippen LogP) is 1.27. The minimum Gasteiger partial charge on any atom is -0.467 e. The minimum atomic E-state index is -0.261. The molecule has 0 radical (unpaired) electrons. The average molecular weight is 326 g/mol. The van der Waals surface area contributed by atoms with Gasteiger partial charge >= 0.3 is 6.01 Å². The predicted molar refractivity (Wildman–Crippen MR) is 87.8 cm³/mol. The van der Waals surface area contributed by atoms with Crippen LogP contribution in [-0.2, 0) is 4.79 Å². The van der Waals surface area contributed by atoms with Crippen molar-refractivity contribution < 1.29 is 14.3 Å². The van der Waals surface area contributed by atoms with Crippen LogP contribution in [0, 0.1) is 5.92 Å². The second-order valence-electron chi connectivity index (χ2n) is 5.58. The van der Waals surface area contributed by atoms with Crippen LogP contribution in [0.3, 0.4) is 0 Å². The number of hydrogen-bond donors (Lipinski definition) is 1. The Bertz CT molecular complexity index is 718. The number of nitrogens with zero attached hydrogens (tertiary/aromatic N) is 3. The van der Waals surface area contributed by atoms with E-state index in [1.807, 2.05) is 30.3 Å². The molecule has 1 aromatic heterocycles. The minimum absolute atomic E-state index is 0.0771. The molecule has 124 valence electrons. The lowest BCUT2D eigenvalue weighted by Crippen LogP contribution is -2.31. The van der Waals surface area contributed by atoms with Gasteiger partial charge in [0.05, 0.1) is 12.7 Å². The molecule has 1 aromatic carbocycles. The zero-order valence-corrected chi connectivity index (χ0v) is 13.3. The van der Waals surface area contributed by atoms with E-state index < -0.39 is 0 Å². The largest absolute Gasteiger partial charge is 0.467 e. The summed E-state index contributed by atoms with van der Waals surface area (Å²) in [5.41, 5.74) is 1.25. The molecule has 2 amide bonds. The van der Waals surface area contributed by atoms with Gasteiger partial charge in [0.15, 0.2) is 0 Å². The van der Waals surface area contributed by atoms with Crippen LogP contribution in [0.1, 0.15) is 16.8 Å². The van der Waals surface area contributed by atoms with Gasteiger partial charge in [-0.3, -0.25) is 9.59 Å². The molecule has 1 aliphatic rings. The molecule has 1 N–H and O–H groups in total. The SMILES string of the molecule is COc1ncc(C(=O)NC[C@H]2CC(=O)N(c3ccccc3)C2)cn1. The third-order valence-electron chi connectivity index (χ3n) is 3.90. The van der Waals surface area contributed by atoms with Crippen LogP contribution in [-0.4, -0.2) is 42.0 Å². The molecule has 24 heavy (non-hydrogen) atoms. The Morgan fingerprint density at radius 2 is 2.00 bits per heavy atom. The molecule has 0 unspecified atom stereocenters. The highest BCUT2D eigenvalue weighted by atomic mass is 16.5. The topological polar surface area (TPSA) is 84.4 Å². The number of anilines is 1. The number of nitrogens with one attached hydrogen (secondary N) is 1. The number of benzene rings is 1. The standard InChI is InChI=1S/C17H18N4O3/c1-24-17-19-9-13(10-20-17)16(23)18-8-12-7-15(22)21(11-12)14-5-3-2-4-6-14/h2-6,9-10,12H,7-8,11H2,1H3,(H,18,23)/t12-/m1/s1. The molecule has 7 nitrogen and oxygen atoms in total. The van der Waals surface area contributed by atoms with E-state index in [0.717, 1.165) is 5.69 Å². The summed E-state index contributed by atoms with van der Waals surface area (Å²) < 4.78 is 4.86. The highest BCUT2D eigenvalue weighted by Crippen LogP contribution is 2.24. The van der Waals surface area contributed by atoms with Crippen LogP contribution in [0.5, 0.6) is 6.01 Å². The number of carbonyl (C=O) groups is 2. The zero-order valence-electron chi connectivity index (χ0n) is 13.3. The number of hydrogen-bond acceptors (Lipinski definition) is 5. The van der Waals surface area contributed by atoms with Crippen molar-refractivity contribution in [2.45, 2.75) is 6.42 Å². The van der Waals surface area contributed by atoms with Crippen molar-refractivity contribution in [3.05, 3.63) is 48.3 Å². The lowest BCUT2D eigenvalue weighted by Gasteiger charge is -2.16. The Morgan fingerprint density at radius 3 is 2.67 bits per heavy atom. The summed E-state index contributed by atoms with van der Waals surface area (Å²) in [6.07, 6.45) is 3.25. The average Bonchev–Trinajstić information content (AvgIpc) is 3.01. The van der Waals surface area contributed by atoms with E-state index in [1.54, 1.807) is 4.90 Å². The van der Waals surface area contributed by atoms with Gasteiger partial charge in [0.1, 0.15) is 0 Å². The van der Waals surface area contributed by atoms with Crippen LogP contribution in [0.2, 0.25) is 0 Å². The smallest absolute Gasteiger partial charge is 0.316 e. The lowest BCUT2D eigenvalue weighted by molar-refractivity contribution is -0.117. The van der Waals surface area contributed by atoms with Gasteiger partial charge in [-0.1, -0.05) is 18.2 Å². The molecule has 0 aliphatic carbocycles. The van der Waals surface area contributed by atoms with E-state index in [-0.39, 0.29) is 23.7 Å². The van der Waals surface area contributed by atoms with Crippen molar-refractivity contribution in [1.82, 2.24) is 15.3 Å². The molecule has 2 aromatic rings. The molecular formula is C17H18N4O3. The summed E-state index contributed by atoms with van der Waals surface area (Å²) in [5, 5.41) is 2.83. The quantitative estimate of drug-likeness (QED) is 0.894. The number of para-hydroxylation sites is 1. The number of rotatable bonds is 5. The summed E-state index contributed by atoms with van der Waals surface area (Å²) in [4.78, 5) is 33.8. The number of amides is 2. The molecule has 1 aliphatic heterocycles. The summed E-state index contributed by atoms with van der Waals surface area (Å²) in [5.74, 6) is -0.0997. The van der Waals surface area contributed by atoms with Crippen molar-refractivity contribution in [1.29, 1.82) is 0 Å². The van der Waals surface area contributed by atoms with Crippen molar-refractivity contribution in [2.24, 2.45) is 5.92 Å². The Kier molecular flexibility index (Phi) is 4.69. The van der Waals surface area contributed by atoms with E-state index >= 15 is 0 Å². The summed E-state index contributed by atoms with van der Waals surface area (Å²) >= 11 is 0. The molecule has 1 saturated heterocycles. The Balaban J connectivity index is 1.55. The molecular weight excluding hydrogens is 308 g/mol. The van der Waals surface area contributed by atoms with Gasteiger partial charge in [-0.15, -0.1) is 0 Å². The molecule has 0 spiro atoms. The molecule has 3 rings (SSSR count). The van der Waals surface area contributed by atoms with Gasteiger partial charge in [-0.05, 0) is 12.1 Å². The van der Waals surface area contributed by atoms with Crippen molar-refractivity contribution in [3.63, 3.8) is 0 Å². The van der Waals surface area contributed by atoms with E-state index in [0.29, 0.717) is 25.1 Å². The fraction of sp³-hybridized carbons (Fsp3) is 0.294. The normalized spacial score (nSPS) is 17.0. The number of methoxy groups -OCH3 is 1.